The highest BCUT2D eigenvalue weighted by Crippen LogP contribution is 2.28. The molecule has 0 bridgehead atoms. The molecule has 1 amide bonds. The van der Waals surface area contributed by atoms with Gasteiger partial charge in [-0.1, -0.05) is 41.0 Å². The summed E-state index contributed by atoms with van der Waals surface area (Å²) in [5, 5.41) is 14.9. The third-order valence-corrected chi connectivity index (χ3v) is 6.06. The van der Waals surface area contributed by atoms with E-state index in [4.69, 9.17) is 23.2 Å². The number of aromatic nitrogens is 4. The molecule has 142 valence electrons. The zero-order valence-electron chi connectivity index (χ0n) is 14.3. The van der Waals surface area contributed by atoms with Crippen LogP contribution in [0.25, 0.3) is 10.7 Å². The zero-order chi connectivity index (χ0) is 19.5. The number of halogens is 2. The highest BCUT2D eigenvalue weighted by Gasteiger charge is 2.18. The molecule has 4 aromatic rings. The molecular weight excluding hydrogens is 437 g/mol. The molecule has 0 aliphatic carbocycles. The number of carbonyl (C=O) groups excluding carboxylic acids is 1. The third-order valence-electron chi connectivity index (χ3n) is 3.71. The molecule has 0 radical (unpaired) electrons. The van der Waals surface area contributed by atoms with Gasteiger partial charge in [0.15, 0.2) is 5.82 Å². The van der Waals surface area contributed by atoms with Crippen LogP contribution in [0.2, 0.25) is 10.0 Å². The predicted octanol–water partition coefficient (Wildman–Crippen LogP) is 5.16. The van der Waals surface area contributed by atoms with Crippen molar-refractivity contribution in [3.8, 4) is 10.7 Å². The second-order valence-electron chi connectivity index (χ2n) is 5.62. The minimum absolute atomic E-state index is 0.146. The highest BCUT2D eigenvalue weighted by atomic mass is 35.5. The smallest absolute Gasteiger partial charge is 0.234 e. The molecule has 28 heavy (non-hydrogen) atoms. The fraction of sp³-hybridized carbons (Fsp3) is 0.0556. The highest BCUT2D eigenvalue weighted by molar-refractivity contribution is 7.99. The van der Waals surface area contributed by atoms with Crippen LogP contribution in [0.3, 0.4) is 0 Å². The Morgan fingerprint density at radius 2 is 1.96 bits per heavy atom. The number of thioether (sulfide) groups is 1. The van der Waals surface area contributed by atoms with E-state index >= 15 is 0 Å². The van der Waals surface area contributed by atoms with Crippen molar-refractivity contribution in [3.63, 3.8) is 0 Å². The summed E-state index contributed by atoms with van der Waals surface area (Å²) in [7, 11) is 0. The van der Waals surface area contributed by atoms with E-state index in [9.17, 15) is 4.79 Å². The summed E-state index contributed by atoms with van der Waals surface area (Å²) in [6.07, 6.45) is 3.80. The molecule has 0 saturated carbocycles. The van der Waals surface area contributed by atoms with Gasteiger partial charge in [0.2, 0.25) is 11.1 Å². The lowest BCUT2D eigenvalue weighted by Crippen LogP contribution is -2.16. The minimum Gasteiger partial charge on any atom is -0.324 e. The largest absolute Gasteiger partial charge is 0.324 e. The van der Waals surface area contributed by atoms with E-state index in [0.717, 1.165) is 4.88 Å². The molecule has 3 heterocycles. The Bertz CT molecular complexity index is 1090. The summed E-state index contributed by atoms with van der Waals surface area (Å²) in [4.78, 5) is 13.4. The summed E-state index contributed by atoms with van der Waals surface area (Å²) >= 11 is 14.9. The molecule has 1 aromatic carbocycles. The first-order valence-corrected chi connectivity index (χ1v) is 10.7. The number of hydrogen-bond donors (Lipinski definition) is 1. The quantitative estimate of drug-likeness (QED) is 0.413. The van der Waals surface area contributed by atoms with Crippen molar-refractivity contribution >= 4 is 57.9 Å². The first-order valence-electron chi connectivity index (χ1n) is 8.12. The number of benzene rings is 1. The van der Waals surface area contributed by atoms with Gasteiger partial charge in [-0.15, -0.1) is 21.5 Å². The predicted molar refractivity (Wildman–Crippen MR) is 114 cm³/mol. The number of thiophene rings is 1. The number of nitrogens with one attached hydrogen (secondary N) is 1. The van der Waals surface area contributed by atoms with E-state index in [1.165, 1.54) is 11.8 Å². The molecule has 0 atom stereocenters. The molecule has 0 fully saturated rings. The van der Waals surface area contributed by atoms with E-state index in [1.807, 2.05) is 51.4 Å². The molecule has 0 unspecified atom stereocenters. The van der Waals surface area contributed by atoms with E-state index < -0.39 is 0 Å². The monoisotopic (exact) mass is 449 g/mol. The zero-order valence-corrected chi connectivity index (χ0v) is 17.4. The second kappa shape index (κ2) is 8.40. The number of anilines is 1. The number of nitrogens with zero attached hydrogens (tertiary/aromatic N) is 4. The van der Waals surface area contributed by atoms with Gasteiger partial charge in [0.1, 0.15) is 0 Å². The lowest BCUT2D eigenvalue weighted by molar-refractivity contribution is -0.113. The van der Waals surface area contributed by atoms with E-state index in [0.29, 0.717) is 26.7 Å². The molecule has 6 nitrogen and oxygen atoms in total. The molecule has 0 aliphatic rings. The van der Waals surface area contributed by atoms with Gasteiger partial charge in [0, 0.05) is 17.4 Å². The summed E-state index contributed by atoms with van der Waals surface area (Å²) in [6.45, 7) is 0. The summed E-state index contributed by atoms with van der Waals surface area (Å²) in [6, 6.07) is 12.7. The fourth-order valence-electron chi connectivity index (χ4n) is 2.49. The van der Waals surface area contributed by atoms with Crippen molar-refractivity contribution in [1.82, 2.24) is 19.5 Å². The van der Waals surface area contributed by atoms with Gasteiger partial charge in [0.05, 0.1) is 21.3 Å². The van der Waals surface area contributed by atoms with Crippen LogP contribution in [0.1, 0.15) is 0 Å². The van der Waals surface area contributed by atoms with Crippen molar-refractivity contribution in [2.75, 3.05) is 11.1 Å². The Labute approximate surface area is 179 Å². The maximum absolute atomic E-state index is 12.4. The van der Waals surface area contributed by atoms with Crippen LogP contribution in [0.15, 0.2) is 65.4 Å². The molecule has 0 saturated heterocycles. The van der Waals surface area contributed by atoms with Gasteiger partial charge in [-0.05, 0) is 41.8 Å². The topological polar surface area (TPSA) is 64.7 Å². The van der Waals surface area contributed by atoms with Gasteiger partial charge in [-0.3, -0.25) is 9.47 Å². The second-order valence-corrected chi connectivity index (χ2v) is 8.35. The Morgan fingerprint density at radius 1 is 1.14 bits per heavy atom. The van der Waals surface area contributed by atoms with Crippen LogP contribution < -0.4 is 5.32 Å². The molecule has 0 spiro atoms. The third kappa shape index (κ3) is 4.10. The fourth-order valence-corrected chi connectivity index (χ4v) is 4.26. The number of carbonyl (C=O) groups is 1. The van der Waals surface area contributed by atoms with Crippen molar-refractivity contribution in [1.29, 1.82) is 0 Å². The molecule has 10 heteroatoms. The SMILES string of the molecule is O=C(CSc1nnc(-c2cccs2)n1-n1cccc1)Nc1cc(Cl)ccc1Cl. The number of amides is 1. The minimum atomic E-state index is -0.214. The Kier molecular flexibility index (Phi) is 5.72. The van der Waals surface area contributed by atoms with Gasteiger partial charge in [-0.2, -0.15) is 0 Å². The van der Waals surface area contributed by atoms with Gasteiger partial charge in [-0.25, -0.2) is 4.68 Å². The van der Waals surface area contributed by atoms with Gasteiger partial charge >= 0.3 is 0 Å². The maximum Gasteiger partial charge on any atom is 0.234 e. The summed E-state index contributed by atoms with van der Waals surface area (Å²) in [5.74, 6) is 0.646. The normalized spacial score (nSPS) is 10.9. The van der Waals surface area contributed by atoms with Crippen LogP contribution in [0.4, 0.5) is 5.69 Å². The Balaban J connectivity index is 1.54. The van der Waals surface area contributed by atoms with Crippen LogP contribution in [0.5, 0.6) is 0 Å². The Morgan fingerprint density at radius 3 is 2.71 bits per heavy atom. The average Bonchev–Trinajstić information content (AvgIpc) is 3.43. The van der Waals surface area contributed by atoms with Crippen molar-refractivity contribution in [2.24, 2.45) is 0 Å². The first-order chi connectivity index (χ1) is 13.6. The van der Waals surface area contributed by atoms with Crippen molar-refractivity contribution in [2.45, 2.75) is 5.16 Å². The van der Waals surface area contributed by atoms with E-state index in [2.05, 4.69) is 15.5 Å². The lowest BCUT2D eigenvalue weighted by Gasteiger charge is -2.11. The molecule has 4 rings (SSSR count). The molecular formula is C18H13Cl2N5OS2. The Hall–Kier alpha value is -2.26. The standard InChI is InChI=1S/C18H13Cl2N5OS2/c19-12-5-6-13(20)14(10-12)21-16(26)11-28-18-23-22-17(15-4-3-9-27-15)25(18)24-7-1-2-8-24/h1-10H,11H2,(H,21,26). The average molecular weight is 450 g/mol. The van der Waals surface area contributed by atoms with Crippen molar-refractivity contribution < 1.29 is 4.79 Å². The van der Waals surface area contributed by atoms with Gasteiger partial charge < -0.3 is 5.32 Å². The number of hydrogen-bond acceptors (Lipinski definition) is 5. The first kappa shape index (κ1) is 19.1. The molecule has 0 aliphatic heterocycles. The van der Waals surface area contributed by atoms with Crippen LogP contribution in [-0.2, 0) is 4.79 Å². The van der Waals surface area contributed by atoms with E-state index in [1.54, 1.807) is 29.5 Å². The van der Waals surface area contributed by atoms with Crippen LogP contribution in [-0.4, -0.2) is 31.2 Å². The van der Waals surface area contributed by atoms with Crippen molar-refractivity contribution in [3.05, 3.63) is 70.3 Å². The lowest BCUT2D eigenvalue weighted by atomic mass is 10.3. The van der Waals surface area contributed by atoms with Crippen LogP contribution in [0, 0.1) is 0 Å². The molecule has 3 aromatic heterocycles. The van der Waals surface area contributed by atoms with Crippen LogP contribution >= 0.6 is 46.3 Å². The van der Waals surface area contributed by atoms with Gasteiger partial charge in [0.25, 0.3) is 0 Å². The summed E-state index contributed by atoms with van der Waals surface area (Å²) < 4.78 is 3.75. The molecule has 1 N–H and O–H groups in total. The maximum atomic E-state index is 12.4. The summed E-state index contributed by atoms with van der Waals surface area (Å²) in [5.41, 5.74) is 0.478. The number of rotatable bonds is 6. The van der Waals surface area contributed by atoms with E-state index in [-0.39, 0.29) is 11.7 Å².